The monoisotopic (exact) mass is 698 g/mol. The third-order valence-electron chi connectivity index (χ3n) is 9.03. The molecule has 2 aliphatic rings. The average Bonchev–Trinajstić information content (AvgIpc) is 3.84. The highest BCUT2D eigenvalue weighted by molar-refractivity contribution is 5.82. The summed E-state index contributed by atoms with van der Waals surface area (Å²) in [5, 5.41) is 11.1. The average molecular weight is 699 g/mol. The Morgan fingerprint density at radius 2 is 1.21 bits per heavy atom. The number of carbonyl (C=O) groups excluding carboxylic acids is 1. The second-order valence-corrected chi connectivity index (χ2v) is 12.7. The number of fused-ring (bicyclic) bond motifs is 4. The molecular weight excluding hydrogens is 660 g/mol. The van der Waals surface area contributed by atoms with Crippen LogP contribution in [0.5, 0.6) is 0 Å². The molecule has 0 amide bonds. The van der Waals surface area contributed by atoms with Crippen LogP contribution in [0.2, 0.25) is 0 Å². The van der Waals surface area contributed by atoms with Crippen LogP contribution in [-0.4, -0.2) is 90.7 Å². The van der Waals surface area contributed by atoms with Crippen LogP contribution in [0, 0.1) is 0 Å². The summed E-state index contributed by atoms with van der Waals surface area (Å²) < 4.78 is 5.07. The number of aromatic nitrogens is 8. The van der Waals surface area contributed by atoms with Gasteiger partial charge in [0, 0.05) is 59.8 Å². The molecule has 6 heterocycles. The number of esters is 1. The molecule has 0 spiro atoms. The highest BCUT2D eigenvalue weighted by Gasteiger charge is 2.25. The number of hydrogen-bond acceptors (Lipinski definition) is 13. The number of aliphatic carboxylic acids is 1. The lowest BCUT2D eigenvalue weighted by Crippen LogP contribution is -2.29. The molecule has 0 aliphatic heterocycles. The molecule has 8 rings (SSSR count). The molecule has 52 heavy (non-hydrogen) atoms. The number of carboxylic acid groups (broad SMARTS) is 1. The topological polar surface area (TPSA) is 173 Å². The third-order valence-corrected chi connectivity index (χ3v) is 9.03. The predicted octanol–water partition coefficient (Wildman–Crippen LogP) is 4.67. The Kier molecular flexibility index (Phi) is 9.87. The molecule has 264 valence electrons. The normalized spacial score (nSPS) is 12.9. The fourth-order valence-corrected chi connectivity index (χ4v) is 6.63. The summed E-state index contributed by atoms with van der Waals surface area (Å²) in [6.07, 6.45) is 12.6. The first-order valence-electron chi connectivity index (χ1n) is 17.3. The van der Waals surface area contributed by atoms with E-state index in [4.69, 9.17) is 19.8 Å². The van der Waals surface area contributed by atoms with Crippen LogP contribution in [0.4, 0.5) is 11.6 Å². The van der Waals surface area contributed by atoms with Gasteiger partial charge < -0.3 is 19.6 Å². The summed E-state index contributed by atoms with van der Waals surface area (Å²) in [7, 11) is 3.61. The van der Waals surface area contributed by atoms with Gasteiger partial charge >= 0.3 is 11.9 Å². The molecule has 0 saturated heterocycles. The molecule has 1 N–H and O–H groups in total. The van der Waals surface area contributed by atoms with Crippen LogP contribution in [0.15, 0.2) is 61.2 Å². The van der Waals surface area contributed by atoms with E-state index >= 15 is 0 Å². The zero-order valence-corrected chi connectivity index (χ0v) is 29.3. The molecule has 0 unspecified atom stereocenters. The lowest BCUT2D eigenvalue weighted by molar-refractivity contribution is -0.141. The number of likely N-dealkylation sites (N-methyl/N-ethyl adjacent to an activating group) is 2. The molecule has 6 aromatic heterocycles. The van der Waals surface area contributed by atoms with Crippen LogP contribution in [0.1, 0.15) is 42.3 Å². The fourth-order valence-electron chi connectivity index (χ4n) is 6.63. The first kappa shape index (κ1) is 34.3. The van der Waals surface area contributed by atoms with Crippen LogP contribution >= 0.6 is 0 Å². The summed E-state index contributed by atoms with van der Waals surface area (Å²) >= 11 is 0. The van der Waals surface area contributed by atoms with E-state index in [1.807, 2.05) is 48.3 Å². The summed E-state index contributed by atoms with van der Waals surface area (Å²) in [4.78, 5) is 62.8. The Bertz CT molecular complexity index is 2300. The van der Waals surface area contributed by atoms with E-state index in [1.54, 1.807) is 43.7 Å². The Hall–Kier alpha value is -6.18. The molecule has 0 saturated carbocycles. The molecule has 2 aliphatic carbocycles. The van der Waals surface area contributed by atoms with Gasteiger partial charge in [-0.3, -0.25) is 29.5 Å². The van der Waals surface area contributed by atoms with Crippen molar-refractivity contribution in [1.29, 1.82) is 0 Å². The van der Waals surface area contributed by atoms with Gasteiger partial charge in [-0.2, -0.15) is 0 Å². The van der Waals surface area contributed by atoms with Gasteiger partial charge in [-0.1, -0.05) is 12.1 Å². The van der Waals surface area contributed by atoms with Gasteiger partial charge in [0.05, 0.1) is 30.0 Å². The van der Waals surface area contributed by atoms with Gasteiger partial charge in [0.15, 0.2) is 11.6 Å². The number of anilines is 2. The van der Waals surface area contributed by atoms with Gasteiger partial charge in [-0.05, 0) is 69.7 Å². The molecule has 6 aromatic rings. The quantitative estimate of drug-likeness (QED) is 0.206. The standard InChI is InChI=1S/C20H21N5O2.C18H17N5O2/c1-3-27-18(26)12-25(2)20-14-7-4-8-15(14)23-19(24-20)16-10-13-6-5-9-21-17(13)11-22-16;1-23(10-16(24)25)18-12-5-2-6-13(12)21-17(22-18)14-8-11-4-3-7-19-15(11)9-20-14/h5-6,9-11H,3-4,7-8,12H2,1-2H3;3-4,7-9H,2,5-6,10H2,1H3,(H,24,25). The number of pyridine rings is 4. The number of nitrogens with zero attached hydrogens (tertiary/aromatic N) is 10. The molecule has 14 nitrogen and oxygen atoms in total. The van der Waals surface area contributed by atoms with Crippen molar-refractivity contribution in [2.75, 3.05) is 43.6 Å². The number of carboxylic acids is 1. The largest absolute Gasteiger partial charge is 0.480 e. The maximum atomic E-state index is 11.9. The van der Waals surface area contributed by atoms with Crippen LogP contribution in [0.3, 0.4) is 0 Å². The Balaban J connectivity index is 0.000000162. The molecule has 0 bridgehead atoms. The molecule has 0 fully saturated rings. The Morgan fingerprint density at radius 3 is 1.69 bits per heavy atom. The first-order valence-corrected chi connectivity index (χ1v) is 17.3. The van der Waals surface area contributed by atoms with E-state index in [1.165, 1.54) is 0 Å². The third kappa shape index (κ3) is 7.31. The zero-order valence-electron chi connectivity index (χ0n) is 29.3. The second-order valence-electron chi connectivity index (χ2n) is 12.7. The van der Waals surface area contributed by atoms with Gasteiger partial charge in [-0.15, -0.1) is 0 Å². The van der Waals surface area contributed by atoms with Crippen molar-refractivity contribution >= 4 is 45.4 Å². The number of ether oxygens (including phenoxy) is 1. The van der Waals surface area contributed by atoms with Crippen molar-refractivity contribution in [1.82, 2.24) is 39.9 Å². The lowest BCUT2D eigenvalue weighted by Gasteiger charge is -2.20. The minimum absolute atomic E-state index is 0.0992. The summed E-state index contributed by atoms with van der Waals surface area (Å²) in [6, 6.07) is 11.6. The van der Waals surface area contributed by atoms with Gasteiger partial charge in [0.2, 0.25) is 0 Å². The van der Waals surface area contributed by atoms with Gasteiger partial charge in [0.1, 0.15) is 36.1 Å². The van der Waals surface area contributed by atoms with E-state index in [-0.39, 0.29) is 19.1 Å². The first-order chi connectivity index (χ1) is 25.3. The van der Waals surface area contributed by atoms with E-state index in [0.717, 1.165) is 88.7 Å². The number of rotatable bonds is 9. The maximum absolute atomic E-state index is 11.9. The number of carbonyl (C=O) groups is 2. The molecule has 0 radical (unpaired) electrons. The lowest BCUT2D eigenvalue weighted by atomic mass is 10.2. The van der Waals surface area contributed by atoms with Crippen molar-refractivity contribution < 1.29 is 19.4 Å². The van der Waals surface area contributed by atoms with Gasteiger partial charge in [0.25, 0.3) is 0 Å². The summed E-state index contributed by atoms with van der Waals surface area (Å²) in [5.74, 6) is 1.43. The maximum Gasteiger partial charge on any atom is 0.325 e. The van der Waals surface area contributed by atoms with Crippen LogP contribution < -0.4 is 9.80 Å². The summed E-state index contributed by atoms with van der Waals surface area (Å²) in [6.45, 7) is 2.23. The highest BCUT2D eigenvalue weighted by Crippen LogP contribution is 2.32. The van der Waals surface area contributed by atoms with Crippen LogP contribution in [-0.2, 0) is 40.0 Å². The van der Waals surface area contributed by atoms with Crippen LogP contribution in [0.25, 0.3) is 44.8 Å². The van der Waals surface area contributed by atoms with Crippen molar-refractivity contribution in [3.05, 3.63) is 83.7 Å². The number of hydrogen-bond donors (Lipinski definition) is 1. The Morgan fingerprint density at radius 1 is 0.712 bits per heavy atom. The van der Waals surface area contributed by atoms with E-state index in [2.05, 4.69) is 29.9 Å². The Labute approximate surface area is 300 Å². The van der Waals surface area contributed by atoms with Gasteiger partial charge in [-0.25, -0.2) is 19.9 Å². The fraction of sp³-hybridized carbons (Fsp3) is 0.316. The van der Waals surface area contributed by atoms with Crippen molar-refractivity contribution in [2.24, 2.45) is 0 Å². The SMILES string of the molecule is CCOC(=O)CN(C)c1nc(-c2cc3cccnc3cn2)nc2c1CCC2.CN(CC(=O)O)c1nc(-c2cc3cccnc3cn2)nc2c1CCC2. The molecule has 0 atom stereocenters. The highest BCUT2D eigenvalue weighted by atomic mass is 16.5. The zero-order chi connectivity index (χ0) is 36.2. The number of aryl methyl sites for hydroxylation is 2. The van der Waals surface area contributed by atoms with Crippen molar-refractivity contribution in [3.63, 3.8) is 0 Å². The smallest absolute Gasteiger partial charge is 0.325 e. The van der Waals surface area contributed by atoms with Crippen molar-refractivity contribution in [3.8, 4) is 23.0 Å². The van der Waals surface area contributed by atoms with E-state index < -0.39 is 5.97 Å². The minimum Gasteiger partial charge on any atom is -0.480 e. The molecular formula is C38H38N10O4. The predicted molar refractivity (Wildman–Crippen MR) is 196 cm³/mol. The van der Waals surface area contributed by atoms with E-state index in [0.29, 0.717) is 35.5 Å². The van der Waals surface area contributed by atoms with Crippen molar-refractivity contribution in [2.45, 2.75) is 45.4 Å². The molecule has 0 aromatic carbocycles. The summed E-state index contributed by atoms with van der Waals surface area (Å²) in [5.41, 5.74) is 7.22. The minimum atomic E-state index is -0.885. The second kappa shape index (κ2) is 15.0. The van der Waals surface area contributed by atoms with E-state index in [9.17, 15) is 9.59 Å². The molecule has 14 heteroatoms.